The van der Waals surface area contributed by atoms with Crippen LogP contribution in [0.4, 0.5) is 14.5 Å². The van der Waals surface area contributed by atoms with Gasteiger partial charge in [-0.05, 0) is 91.8 Å². The van der Waals surface area contributed by atoms with Gasteiger partial charge in [-0.2, -0.15) is 0 Å². The van der Waals surface area contributed by atoms with Crippen molar-refractivity contribution in [3.8, 4) is 5.75 Å². The zero-order chi connectivity index (χ0) is 32.6. The summed E-state index contributed by atoms with van der Waals surface area (Å²) in [4.78, 5) is 33.7. The number of rotatable bonds is 7. The topological polar surface area (TPSA) is 96.3 Å². The lowest BCUT2D eigenvalue weighted by molar-refractivity contribution is -0.228. The molecule has 1 saturated heterocycles. The molecule has 3 saturated carbocycles. The van der Waals surface area contributed by atoms with Gasteiger partial charge in [0.05, 0.1) is 25.4 Å². The van der Waals surface area contributed by atoms with Crippen molar-refractivity contribution in [1.29, 1.82) is 0 Å². The number of benzene rings is 2. The number of nitrogens with zero attached hydrogens (tertiary/aromatic N) is 1. The van der Waals surface area contributed by atoms with Crippen LogP contribution in [0.2, 0.25) is 0 Å². The molecule has 4 aliphatic carbocycles. The second-order valence-electron chi connectivity index (χ2n) is 13.9. The second kappa shape index (κ2) is 11.0. The van der Waals surface area contributed by atoms with Crippen LogP contribution in [0.25, 0.3) is 0 Å². The van der Waals surface area contributed by atoms with E-state index in [-0.39, 0.29) is 18.4 Å². The molecule has 244 valence electrons. The molecule has 2 N–H and O–H groups in total. The number of hydrogen-bond donors (Lipinski definition) is 2. The number of ketones is 2. The Hall–Kier alpha value is -3.05. The van der Waals surface area contributed by atoms with Crippen molar-refractivity contribution in [2.75, 3.05) is 25.3 Å². The maximum Gasteiger partial charge on any atom is 0.193 e. The summed E-state index contributed by atoms with van der Waals surface area (Å²) in [6, 6.07) is 15.8. The van der Waals surface area contributed by atoms with Gasteiger partial charge in [0, 0.05) is 33.3 Å². The first-order valence-electron chi connectivity index (χ1n) is 15.8. The van der Waals surface area contributed by atoms with Crippen LogP contribution in [0.5, 0.6) is 5.75 Å². The molecule has 7 nitrogen and oxygen atoms in total. The van der Waals surface area contributed by atoms with E-state index in [0.717, 1.165) is 27.6 Å². The van der Waals surface area contributed by atoms with Crippen molar-refractivity contribution in [2.24, 2.45) is 28.6 Å². The van der Waals surface area contributed by atoms with Crippen LogP contribution < -0.4 is 9.80 Å². The van der Waals surface area contributed by atoms with Crippen LogP contribution in [0, 0.1) is 28.6 Å². The van der Waals surface area contributed by atoms with Crippen LogP contribution in [-0.2, 0) is 20.2 Å². The first-order valence-corrected chi connectivity index (χ1v) is 16.8. The monoisotopic (exact) mass is 651 g/mol. The maximum atomic E-state index is 17.6. The summed E-state index contributed by atoms with van der Waals surface area (Å²) in [7, 11) is 1.64. The number of anilines is 1. The minimum atomic E-state index is -2.25. The molecule has 4 fully saturated rings. The lowest BCUT2D eigenvalue weighted by Gasteiger charge is -2.63. The van der Waals surface area contributed by atoms with Crippen molar-refractivity contribution in [3.05, 3.63) is 77.9 Å². The number of halogens is 2. The highest BCUT2D eigenvalue weighted by atomic mass is 32.2. The van der Waals surface area contributed by atoms with Gasteiger partial charge in [0.1, 0.15) is 18.5 Å². The normalized spacial score (nSPS) is 39.3. The van der Waals surface area contributed by atoms with Gasteiger partial charge in [0.2, 0.25) is 0 Å². The predicted octanol–water partition coefficient (Wildman–Crippen LogP) is 5.58. The molecule has 5 aliphatic rings. The van der Waals surface area contributed by atoms with Gasteiger partial charge in [-0.15, -0.1) is 11.8 Å². The third-order valence-corrected chi connectivity index (χ3v) is 13.0. The van der Waals surface area contributed by atoms with Crippen LogP contribution in [0.15, 0.2) is 77.2 Å². The van der Waals surface area contributed by atoms with E-state index in [9.17, 15) is 19.8 Å². The van der Waals surface area contributed by atoms with Crippen molar-refractivity contribution in [1.82, 2.24) is 0 Å². The Kier molecular flexibility index (Phi) is 7.55. The Morgan fingerprint density at radius 1 is 1.11 bits per heavy atom. The number of hydrogen-bond acceptors (Lipinski definition) is 8. The summed E-state index contributed by atoms with van der Waals surface area (Å²) in [6.45, 7) is 2.96. The third-order valence-electron chi connectivity index (χ3n) is 11.9. The summed E-state index contributed by atoms with van der Waals surface area (Å²) >= 11 is 1.70. The summed E-state index contributed by atoms with van der Waals surface area (Å²) in [5.41, 5.74) is -4.43. The van der Waals surface area contributed by atoms with Gasteiger partial charge in [-0.1, -0.05) is 25.1 Å². The first kappa shape index (κ1) is 31.5. The molecule has 0 unspecified atom stereocenters. The first-order chi connectivity index (χ1) is 21.9. The lowest BCUT2D eigenvalue weighted by Crippen LogP contribution is -2.70. The van der Waals surface area contributed by atoms with Crippen LogP contribution in [-0.4, -0.2) is 65.6 Å². The van der Waals surface area contributed by atoms with Gasteiger partial charge >= 0.3 is 0 Å². The molecule has 0 radical (unpaired) electrons. The number of ether oxygens (including phenoxy) is 1. The SMILES string of the molecule is COc1ccc(SCc2ccc(N3C[C@@H]4C[C@H]5[C@@H]6C[C@H](F)C7=CC(=O)C=C[C@]7(C)[C@@]6(F)[C@@H](O)C[C@]5(C)[C@]4(C(=O)CO)O3)cc2)cc1. The van der Waals surface area contributed by atoms with E-state index in [1.807, 2.05) is 55.5 Å². The molecule has 7 rings (SSSR count). The van der Waals surface area contributed by atoms with Gasteiger partial charge in [-0.3, -0.25) is 19.5 Å². The number of thioether (sulfide) groups is 1. The second-order valence-corrected chi connectivity index (χ2v) is 14.9. The molecule has 10 heteroatoms. The number of carbonyl (C=O) groups excluding carboxylic acids is 2. The van der Waals surface area contributed by atoms with Crippen molar-refractivity contribution in [3.63, 3.8) is 0 Å². The molecule has 2 aromatic carbocycles. The fraction of sp³-hybridized carbons (Fsp3) is 0.500. The van der Waals surface area contributed by atoms with Gasteiger partial charge in [-0.25, -0.2) is 8.78 Å². The van der Waals surface area contributed by atoms with E-state index in [1.54, 1.807) is 30.9 Å². The van der Waals surface area contributed by atoms with Crippen molar-refractivity contribution >= 4 is 29.0 Å². The summed E-state index contributed by atoms with van der Waals surface area (Å²) < 4.78 is 38.7. The number of hydroxylamine groups is 1. The number of aliphatic hydroxyl groups excluding tert-OH is 2. The Balaban J connectivity index is 1.15. The predicted molar refractivity (Wildman–Crippen MR) is 170 cm³/mol. The Labute approximate surface area is 271 Å². The fourth-order valence-electron chi connectivity index (χ4n) is 9.62. The summed E-state index contributed by atoms with van der Waals surface area (Å²) in [6.07, 6.45) is 0.791. The van der Waals surface area contributed by atoms with E-state index in [1.165, 1.54) is 18.2 Å². The van der Waals surface area contributed by atoms with E-state index in [2.05, 4.69) is 0 Å². The highest BCUT2D eigenvalue weighted by molar-refractivity contribution is 7.98. The highest BCUT2D eigenvalue weighted by Gasteiger charge is 2.79. The van der Waals surface area contributed by atoms with Gasteiger partial charge in [0.25, 0.3) is 0 Å². The van der Waals surface area contributed by atoms with Crippen molar-refractivity contribution in [2.45, 2.75) is 67.3 Å². The number of aliphatic hydroxyl groups is 2. The van der Waals surface area contributed by atoms with Gasteiger partial charge < -0.3 is 14.9 Å². The molecular weight excluding hydrogens is 612 g/mol. The van der Waals surface area contributed by atoms with E-state index < -0.39 is 70.3 Å². The third kappa shape index (κ3) is 4.25. The van der Waals surface area contributed by atoms with E-state index in [0.29, 0.717) is 13.0 Å². The average Bonchev–Trinajstić information content (AvgIpc) is 3.55. The minimum absolute atomic E-state index is 0.0639. The Morgan fingerprint density at radius 3 is 2.50 bits per heavy atom. The average molecular weight is 652 g/mol. The number of allylic oxidation sites excluding steroid dienone is 4. The highest BCUT2D eigenvalue weighted by Crippen LogP contribution is 2.72. The number of alkyl halides is 2. The molecule has 1 aliphatic heterocycles. The minimum Gasteiger partial charge on any atom is -0.497 e. The number of methoxy groups -OCH3 is 1. The smallest absolute Gasteiger partial charge is 0.193 e. The lowest BCUT2D eigenvalue weighted by atomic mass is 9.44. The Bertz CT molecular complexity index is 1620. The van der Waals surface area contributed by atoms with Gasteiger partial charge in [0.15, 0.2) is 22.8 Å². The maximum absolute atomic E-state index is 17.6. The number of fused-ring (bicyclic) bond motifs is 7. The standard InChI is InChI=1S/C36H39F2NO6S/c1-33-13-12-24(41)15-29(33)30(37)16-28-27-14-22-18-39(45-36(22,32(43)19-40)34(27,2)17-31(42)35(28,33)38)23-6-4-21(5-7-23)20-46-26-10-8-25(44-3)9-11-26/h4-13,15,22,27-28,30-31,40,42H,14,16-20H2,1-3H3/t22-,27-,28-,30-,31-,33-,34-,35-,36-/m0/s1. The molecule has 0 bridgehead atoms. The van der Waals surface area contributed by atoms with Crippen molar-refractivity contribution < 1.29 is 38.2 Å². The fourth-order valence-corrected chi connectivity index (χ4v) is 10.5. The largest absolute Gasteiger partial charge is 0.497 e. The summed E-state index contributed by atoms with van der Waals surface area (Å²) in [5, 5.41) is 23.6. The quantitative estimate of drug-likeness (QED) is 0.375. The van der Waals surface area contributed by atoms with E-state index >= 15 is 8.78 Å². The molecule has 0 spiro atoms. The molecule has 2 aromatic rings. The molecule has 0 amide bonds. The molecule has 1 heterocycles. The summed E-state index contributed by atoms with van der Waals surface area (Å²) in [5.74, 6) is -1.19. The number of carbonyl (C=O) groups is 2. The van der Waals surface area contributed by atoms with Crippen LogP contribution in [0.3, 0.4) is 0 Å². The molecule has 46 heavy (non-hydrogen) atoms. The molecular formula is C36H39F2NO6S. The van der Waals surface area contributed by atoms with Crippen LogP contribution in [0.1, 0.15) is 38.7 Å². The zero-order valence-corrected chi connectivity index (χ0v) is 26.9. The van der Waals surface area contributed by atoms with E-state index in [4.69, 9.17) is 9.57 Å². The molecule has 9 atom stereocenters. The molecule has 0 aromatic heterocycles. The Morgan fingerprint density at radius 2 is 1.83 bits per heavy atom. The van der Waals surface area contributed by atoms with Crippen LogP contribution >= 0.6 is 11.8 Å². The zero-order valence-electron chi connectivity index (χ0n) is 26.1. The number of Topliss-reactive ketones (excluding diaryl/α,β-unsaturated/α-hetero) is 1.